The minimum absolute atomic E-state index is 0.144. The molecule has 0 aliphatic carbocycles. The summed E-state index contributed by atoms with van der Waals surface area (Å²) in [4.78, 5) is 16.5. The van der Waals surface area contributed by atoms with Gasteiger partial charge in [0.25, 0.3) is 0 Å². The number of aromatic nitrogens is 1. The van der Waals surface area contributed by atoms with Crippen LogP contribution in [0.1, 0.15) is 26.4 Å². The highest BCUT2D eigenvalue weighted by atomic mass is 32.1. The predicted molar refractivity (Wildman–Crippen MR) is 66.1 cm³/mol. The maximum Gasteiger partial charge on any atom is 0.178 e. The normalized spacial score (nSPS) is 10.4. The van der Waals surface area contributed by atoms with Crippen LogP contribution < -0.4 is 0 Å². The smallest absolute Gasteiger partial charge is 0.178 e. The minimum atomic E-state index is 0.144. The molecule has 16 heavy (non-hydrogen) atoms. The van der Waals surface area contributed by atoms with Crippen LogP contribution in [0.3, 0.4) is 0 Å². The summed E-state index contributed by atoms with van der Waals surface area (Å²) in [5, 5.41) is 0. The maximum atomic E-state index is 11.8. The third-order valence-corrected chi connectivity index (χ3v) is 3.46. The highest BCUT2D eigenvalue weighted by Crippen LogP contribution is 2.14. The minimum Gasteiger partial charge on any atom is -0.293 e. The van der Waals surface area contributed by atoms with Crippen LogP contribution in [0.5, 0.6) is 0 Å². The quantitative estimate of drug-likeness (QED) is 0.759. The van der Waals surface area contributed by atoms with E-state index in [1.807, 2.05) is 6.07 Å². The van der Waals surface area contributed by atoms with Gasteiger partial charge in [-0.05, 0) is 30.5 Å². The van der Waals surface area contributed by atoms with E-state index in [-0.39, 0.29) is 5.78 Å². The first-order valence-electron chi connectivity index (χ1n) is 5.14. The second-order valence-electron chi connectivity index (χ2n) is 3.88. The molecule has 2 rings (SSSR count). The lowest BCUT2D eigenvalue weighted by molar-refractivity contribution is 0.0996. The van der Waals surface area contributed by atoms with Crippen molar-refractivity contribution in [2.45, 2.75) is 20.3 Å². The van der Waals surface area contributed by atoms with Crippen LogP contribution in [0.4, 0.5) is 0 Å². The van der Waals surface area contributed by atoms with Gasteiger partial charge in [-0.3, -0.25) is 9.78 Å². The van der Waals surface area contributed by atoms with Gasteiger partial charge >= 0.3 is 0 Å². The Balaban J connectivity index is 2.15. The highest BCUT2D eigenvalue weighted by molar-refractivity contribution is 7.11. The Labute approximate surface area is 99.0 Å². The fourth-order valence-electron chi connectivity index (χ4n) is 1.54. The van der Waals surface area contributed by atoms with Crippen molar-refractivity contribution >= 4 is 17.1 Å². The van der Waals surface area contributed by atoms with E-state index in [4.69, 9.17) is 0 Å². The van der Waals surface area contributed by atoms with Crippen molar-refractivity contribution in [2.24, 2.45) is 0 Å². The molecular weight excluding hydrogens is 218 g/mol. The van der Waals surface area contributed by atoms with Gasteiger partial charge in [0.15, 0.2) is 5.78 Å². The zero-order chi connectivity index (χ0) is 11.5. The van der Waals surface area contributed by atoms with Crippen LogP contribution in [0.15, 0.2) is 29.9 Å². The molecule has 2 nitrogen and oxygen atoms in total. The molecule has 0 atom stereocenters. The molecule has 1 heterocycles. The SMILES string of the molecule is Cc1ccc(CC(=O)c2cncs2)cc1C. The number of Topliss-reactive ketones (excluding diaryl/α,β-unsaturated/α-hetero) is 1. The topological polar surface area (TPSA) is 30.0 Å². The van der Waals surface area contributed by atoms with Gasteiger partial charge < -0.3 is 0 Å². The fourth-order valence-corrected chi connectivity index (χ4v) is 2.10. The molecule has 82 valence electrons. The third kappa shape index (κ3) is 2.36. The van der Waals surface area contributed by atoms with E-state index in [9.17, 15) is 4.79 Å². The molecule has 1 aromatic heterocycles. The Morgan fingerprint density at radius 3 is 2.75 bits per heavy atom. The lowest BCUT2D eigenvalue weighted by atomic mass is 10.0. The van der Waals surface area contributed by atoms with Crippen molar-refractivity contribution in [1.82, 2.24) is 4.98 Å². The zero-order valence-corrected chi connectivity index (χ0v) is 10.2. The maximum absolute atomic E-state index is 11.8. The van der Waals surface area contributed by atoms with E-state index in [1.54, 1.807) is 11.7 Å². The van der Waals surface area contributed by atoms with Crippen LogP contribution in [0.25, 0.3) is 0 Å². The molecule has 0 spiro atoms. The molecule has 1 aromatic carbocycles. The van der Waals surface area contributed by atoms with Gasteiger partial charge in [0, 0.05) is 12.6 Å². The molecule has 0 saturated carbocycles. The first-order chi connectivity index (χ1) is 7.66. The molecule has 0 aliphatic rings. The Bertz CT molecular complexity index is 503. The van der Waals surface area contributed by atoms with Crippen LogP contribution in [-0.4, -0.2) is 10.8 Å². The molecule has 0 fully saturated rings. The van der Waals surface area contributed by atoms with E-state index in [0.717, 1.165) is 10.4 Å². The lowest BCUT2D eigenvalue weighted by Gasteiger charge is -2.03. The third-order valence-electron chi connectivity index (χ3n) is 2.64. The molecule has 0 saturated heterocycles. The summed E-state index contributed by atoms with van der Waals surface area (Å²) >= 11 is 1.40. The monoisotopic (exact) mass is 231 g/mol. The Kier molecular flexibility index (Phi) is 3.15. The molecule has 0 bridgehead atoms. The van der Waals surface area contributed by atoms with Crippen LogP contribution >= 0.6 is 11.3 Å². The van der Waals surface area contributed by atoms with Crippen molar-refractivity contribution in [2.75, 3.05) is 0 Å². The number of carbonyl (C=O) groups is 1. The van der Waals surface area contributed by atoms with Gasteiger partial charge in [-0.25, -0.2) is 0 Å². The molecular formula is C13H13NOS. The Morgan fingerprint density at radius 2 is 2.12 bits per heavy atom. The molecule has 0 N–H and O–H groups in total. The number of hydrogen-bond donors (Lipinski definition) is 0. The number of benzene rings is 1. The summed E-state index contributed by atoms with van der Waals surface area (Å²) in [7, 11) is 0. The summed E-state index contributed by atoms with van der Waals surface area (Å²) in [6.07, 6.45) is 2.09. The number of rotatable bonds is 3. The van der Waals surface area contributed by atoms with Crippen molar-refractivity contribution in [1.29, 1.82) is 0 Å². The van der Waals surface area contributed by atoms with E-state index < -0.39 is 0 Å². The summed E-state index contributed by atoms with van der Waals surface area (Å²) in [6.45, 7) is 4.14. The van der Waals surface area contributed by atoms with Crippen molar-refractivity contribution in [3.63, 3.8) is 0 Å². The van der Waals surface area contributed by atoms with Gasteiger partial charge in [0.1, 0.15) is 0 Å². The standard InChI is InChI=1S/C13H13NOS/c1-9-3-4-11(5-10(9)2)6-12(15)13-7-14-8-16-13/h3-5,7-8H,6H2,1-2H3. The summed E-state index contributed by atoms with van der Waals surface area (Å²) in [5.74, 6) is 0.144. The first-order valence-corrected chi connectivity index (χ1v) is 6.02. The number of hydrogen-bond acceptors (Lipinski definition) is 3. The Hall–Kier alpha value is -1.48. The van der Waals surface area contributed by atoms with Gasteiger partial charge in [-0.2, -0.15) is 0 Å². The largest absolute Gasteiger partial charge is 0.293 e. The van der Waals surface area contributed by atoms with Crippen LogP contribution in [-0.2, 0) is 6.42 Å². The summed E-state index contributed by atoms with van der Waals surface area (Å²) < 4.78 is 0. The number of thiazole rings is 1. The van der Waals surface area contributed by atoms with E-state index in [2.05, 4.69) is 31.0 Å². The second kappa shape index (κ2) is 4.58. The van der Waals surface area contributed by atoms with Crippen molar-refractivity contribution in [3.8, 4) is 0 Å². The molecule has 0 unspecified atom stereocenters. The van der Waals surface area contributed by atoms with Crippen LogP contribution in [0.2, 0.25) is 0 Å². The lowest BCUT2D eigenvalue weighted by Crippen LogP contribution is -2.01. The van der Waals surface area contributed by atoms with E-state index in [1.165, 1.54) is 22.5 Å². The van der Waals surface area contributed by atoms with Crippen molar-refractivity contribution < 1.29 is 4.79 Å². The van der Waals surface area contributed by atoms with Crippen LogP contribution in [0, 0.1) is 13.8 Å². The van der Waals surface area contributed by atoms with Gasteiger partial charge in [0.05, 0.1) is 10.4 Å². The number of carbonyl (C=O) groups excluding carboxylic acids is 1. The van der Waals surface area contributed by atoms with E-state index in [0.29, 0.717) is 6.42 Å². The first kappa shape index (κ1) is 11.0. The van der Waals surface area contributed by atoms with Gasteiger partial charge in [0.2, 0.25) is 0 Å². The molecule has 3 heteroatoms. The predicted octanol–water partition coefficient (Wildman–Crippen LogP) is 3.19. The Morgan fingerprint density at radius 1 is 1.31 bits per heavy atom. The fraction of sp³-hybridized carbons (Fsp3) is 0.231. The van der Waals surface area contributed by atoms with Gasteiger partial charge in [-0.15, -0.1) is 11.3 Å². The molecule has 0 amide bonds. The van der Waals surface area contributed by atoms with Gasteiger partial charge in [-0.1, -0.05) is 18.2 Å². The average Bonchev–Trinajstić information content (AvgIpc) is 2.77. The summed E-state index contributed by atoms with van der Waals surface area (Å²) in [5.41, 5.74) is 5.25. The highest BCUT2D eigenvalue weighted by Gasteiger charge is 2.08. The van der Waals surface area contributed by atoms with E-state index >= 15 is 0 Å². The molecule has 0 radical (unpaired) electrons. The molecule has 2 aromatic rings. The number of aryl methyl sites for hydroxylation is 2. The average molecular weight is 231 g/mol. The second-order valence-corrected chi connectivity index (χ2v) is 4.77. The summed E-state index contributed by atoms with van der Waals surface area (Å²) in [6, 6.07) is 6.15. The number of nitrogens with zero attached hydrogens (tertiary/aromatic N) is 1. The zero-order valence-electron chi connectivity index (χ0n) is 9.36. The molecule has 0 aliphatic heterocycles. The number of ketones is 1. The van der Waals surface area contributed by atoms with Crippen molar-refractivity contribution in [3.05, 3.63) is 51.5 Å².